The number of halogens is 1. The highest BCUT2D eigenvalue weighted by atomic mass is 32.3. The predicted molar refractivity (Wildman–Crippen MR) is 174 cm³/mol. The summed E-state index contributed by atoms with van der Waals surface area (Å²) < 4.78 is 32.2. The van der Waals surface area contributed by atoms with Crippen LogP contribution in [0.1, 0.15) is 70.9 Å². The number of thiol groups is 1. The van der Waals surface area contributed by atoms with E-state index in [1.165, 1.54) is 12.1 Å². The number of aromatic nitrogens is 2. The number of nitrogens with one attached hydrogen (secondary N) is 2. The van der Waals surface area contributed by atoms with Crippen LogP contribution in [0.2, 0.25) is 0 Å². The summed E-state index contributed by atoms with van der Waals surface area (Å²) >= 11 is 0. The van der Waals surface area contributed by atoms with Gasteiger partial charge in [0, 0.05) is 59.4 Å². The molecule has 0 unspecified atom stereocenters. The number of hydrogen-bond acceptors (Lipinski definition) is 5. The smallest absolute Gasteiger partial charge is 0.225 e. The van der Waals surface area contributed by atoms with Gasteiger partial charge in [0.25, 0.3) is 0 Å². The molecule has 0 spiro atoms. The molecule has 1 amide bonds. The maximum Gasteiger partial charge on any atom is 0.225 e. The molecule has 8 nitrogen and oxygen atoms in total. The van der Waals surface area contributed by atoms with Crippen molar-refractivity contribution in [1.29, 1.82) is 5.26 Å². The summed E-state index contributed by atoms with van der Waals surface area (Å²) in [5.41, 5.74) is 3.74. The first-order valence-electron chi connectivity index (χ1n) is 15.8. The predicted octanol–water partition coefficient (Wildman–Crippen LogP) is 5.26. The van der Waals surface area contributed by atoms with Crippen LogP contribution in [0.5, 0.6) is 0 Å². The van der Waals surface area contributed by atoms with Crippen molar-refractivity contribution in [2.24, 2.45) is 5.92 Å². The van der Waals surface area contributed by atoms with Crippen molar-refractivity contribution in [1.82, 2.24) is 19.8 Å². The Balaban J connectivity index is 1.29. The highest BCUT2D eigenvalue weighted by Crippen LogP contribution is 2.43. The molecular formula is C34H43FN6O2S. The fraction of sp³-hybridized carbons (Fsp3) is 0.500. The molecule has 2 aliphatic carbocycles. The van der Waals surface area contributed by atoms with Gasteiger partial charge >= 0.3 is 0 Å². The number of anilines is 1. The quantitative estimate of drug-likeness (QED) is 0.314. The lowest BCUT2D eigenvalue weighted by atomic mass is 9.75. The van der Waals surface area contributed by atoms with Crippen LogP contribution in [0, 0.1) is 23.1 Å². The van der Waals surface area contributed by atoms with Crippen LogP contribution >= 0.6 is 0 Å². The van der Waals surface area contributed by atoms with Gasteiger partial charge in [-0.05, 0) is 88.4 Å². The van der Waals surface area contributed by atoms with Crippen LogP contribution in [0.3, 0.4) is 0 Å². The van der Waals surface area contributed by atoms with Crippen molar-refractivity contribution in [2.45, 2.75) is 76.3 Å². The topological polar surface area (TPSA) is 103 Å². The maximum absolute atomic E-state index is 13.7. The summed E-state index contributed by atoms with van der Waals surface area (Å²) in [5, 5.41) is 17.7. The van der Waals surface area contributed by atoms with E-state index >= 15 is 0 Å². The molecule has 2 N–H and O–H groups in total. The van der Waals surface area contributed by atoms with E-state index in [1.807, 2.05) is 6.20 Å². The molecule has 2 heterocycles. The van der Waals surface area contributed by atoms with Crippen molar-refractivity contribution in [3.63, 3.8) is 0 Å². The van der Waals surface area contributed by atoms with Gasteiger partial charge in [-0.3, -0.25) is 13.7 Å². The largest absolute Gasteiger partial charge is 0.370 e. The molecule has 3 aromatic rings. The van der Waals surface area contributed by atoms with Crippen molar-refractivity contribution in [3.05, 3.63) is 66.2 Å². The Morgan fingerprint density at radius 2 is 1.66 bits per heavy atom. The number of benzene rings is 2. The van der Waals surface area contributed by atoms with E-state index < -0.39 is 15.7 Å². The van der Waals surface area contributed by atoms with Crippen LogP contribution in [0.25, 0.3) is 16.8 Å². The summed E-state index contributed by atoms with van der Waals surface area (Å²) in [6, 6.07) is 17.0. The summed E-state index contributed by atoms with van der Waals surface area (Å²) in [4.78, 5) is 15.8. The van der Waals surface area contributed by atoms with Gasteiger partial charge in [0.15, 0.2) is 0 Å². The Hall–Kier alpha value is -3.55. The second kappa shape index (κ2) is 11.8. The van der Waals surface area contributed by atoms with E-state index in [1.54, 1.807) is 16.8 Å². The fourth-order valence-electron chi connectivity index (χ4n) is 6.72. The molecule has 2 aromatic carbocycles. The van der Waals surface area contributed by atoms with Crippen LogP contribution in [0.15, 0.2) is 54.7 Å². The number of nitriles is 1. The van der Waals surface area contributed by atoms with Crippen molar-refractivity contribution >= 4 is 21.7 Å². The minimum Gasteiger partial charge on any atom is -0.370 e. The monoisotopic (exact) mass is 618 g/mol. The number of carbonyl (C=O) groups is 1. The Morgan fingerprint density at radius 1 is 1.02 bits per heavy atom. The molecule has 10 heteroatoms. The van der Waals surface area contributed by atoms with Crippen LogP contribution in [0.4, 0.5) is 10.1 Å². The molecule has 1 aliphatic heterocycles. The van der Waals surface area contributed by atoms with Gasteiger partial charge in [-0.25, -0.2) is 9.07 Å². The number of nitrogens with zero attached hydrogens (tertiary/aromatic N) is 4. The molecule has 3 fully saturated rings. The van der Waals surface area contributed by atoms with Gasteiger partial charge in [-0.15, -0.1) is 0 Å². The van der Waals surface area contributed by atoms with E-state index in [0.29, 0.717) is 24.3 Å². The fourth-order valence-corrected chi connectivity index (χ4v) is 9.52. The van der Waals surface area contributed by atoms with Crippen LogP contribution < -0.4 is 14.9 Å². The number of amides is 1. The van der Waals surface area contributed by atoms with Crippen molar-refractivity contribution < 1.29 is 13.4 Å². The second-order valence-electron chi connectivity index (χ2n) is 13.8. The number of rotatable bonds is 7. The Labute approximate surface area is 260 Å². The molecule has 2 atom stereocenters. The molecule has 2 saturated carbocycles. The first-order valence-corrected chi connectivity index (χ1v) is 17.9. The highest BCUT2D eigenvalue weighted by Gasteiger charge is 2.47. The SMILES string of the molecule is CC(C)(C)N[SH]1(=O)CCN(c2ccc(-c3cn(-c4ccc(F)cc4)nc3[C@@H]3CCCC[C@H]3C(=O)NC3(C#N)CC3)cc2)CC1. The van der Waals surface area contributed by atoms with Gasteiger partial charge in [0.2, 0.25) is 5.91 Å². The van der Waals surface area contributed by atoms with Gasteiger partial charge in [0.05, 0.1) is 17.5 Å². The average molecular weight is 619 g/mol. The van der Waals surface area contributed by atoms with E-state index in [9.17, 15) is 18.7 Å². The molecule has 3 aliphatic rings. The minimum absolute atomic E-state index is 0.0604. The third-order valence-corrected chi connectivity index (χ3v) is 12.1. The lowest BCUT2D eigenvalue weighted by Gasteiger charge is -2.40. The summed E-state index contributed by atoms with van der Waals surface area (Å²) in [5.74, 6) is 0.541. The van der Waals surface area contributed by atoms with E-state index in [-0.39, 0.29) is 29.1 Å². The zero-order chi connectivity index (χ0) is 31.1. The lowest BCUT2D eigenvalue weighted by molar-refractivity contribution is -0.127. The molecule has 44 heavy (non-hydrogen) atoms. The molecular weight excluding hydrogens is 575 g/mol. The highest BCUT2D eigenvalue weighted by molar-refractivity contribution is 8.01. The molecule has 0 bridgehead atoms. The third kappa shape index (κ3) is 6.59. The average Bonchev–Trinajstić information content (AvgIpc) is 3.63. The van der Waals surface area contributed by atoms with Gasteiger partial charge in [-0.1, -0.05) is 35.1 Å². The summed E-state index contributed by atoms with van der Waals surface area (Å²) in [7, 11) is -2.40. The summed E-state index contributed by atoms with van der Waals surface area (Å²) in [6.45, 7) is 7.64. The molecule has 1 saturated heterocycles. The van der Waals surface area contributed by atoms with Crippen LogP contribution in [-0.2, 0) is 14.9 Å². The first kappa shape index (κ1) is 30.5. The van der Waals surface area contributed by atoms with Crippen molar-refractivity contribution in [3.8, 4) is 22.9 Å². The van der Waals surface area contributed by atoms with Gasteiger partial charge in [-0.2, -0.15) is 10.4 Å². The third-order valence-electron chi connectivity index (χ3n) is 9.16. The lowest BCUT2D eigenvalue weighted by Crippen LogP contribution is -2.55. The Morgan fingerprint density at radius 3 is 2.27 bits per heavy atom. The van der Waals surface area contributed by atoms with E-state index in [4.69, 9.17) is 5.10 Å². The standard InChI is InChI=1S/C34H43FN6O2S/c1-33(2,3)39-44(43)20-18-40(19-21-44)26-12-8-24(9-13-26)30-22-41(27-14-10-25(35)11-15-27)38-31(30)28-6-4-5-7-29(28)32(42)37-34(23-36)16-17-34/h8-15,22,28-29,44H,4-7,16-21H2,1-3H3,(H,37,42)(H,39,43)/t28-,29-/m1/s1. The van der Waals surface area contributed by atoms with Crippen LogP contribution in [-0.4, -0.2) is 55.6 Å². The zero-order valence-electron chi connectivity index (χ0n) is 25.9. The first-order chi connectivity index (χ1) is 21.0. The normalized spacial score (nSPS) is 23.4. The molecule has 6 rings (SSSR count). The zero-order valence-corrected chi connectivity index (χ0v) is 26.7. The number of hydrogen-bond donors (Lipinski definition) is 3. The Bertz CT molecular complexity index is 1590. The Kier molecular flexibility index (Phi) is 8.14. The molecule has 1 aromatic heterocycles. The maximum atomic E-state index is 13.7. The summed E-state index contributed by atoms with van der Waals surface area (Å²) in [6.07, 6.45) is 6.93. The number of carbonyl (C=O) groups excluding carboxylic acids is 1. The van der Waals surface area contributed by atoms with E-state index in [2.05, 4.69) is 66.0 Å². The van der Waals surface area contributed by atoms with E-state index in [0.717, 1.165) is 67.0 Å². The van der Waals surface area contributed by atoms with Gasteiger partial charge in [0.1, 0.15) is 11.4 Å². The van der Waals surface area contributed by atoms with Gasteiger partial charge < -0.3 is 10.2 Å². The molecule has 0 radical (unpaired) electrons. The second-order valence-corrected chi connectivity index (χ2v) is 16.7. The molecule has 234 valence electrons. The minimum atomic E-state index is -2.40. The van der Waals surface area contributed by atoms with Crippen molar-refractivity contribution in [2.75, 3.05) is 29.5 Å².